The van der Waals surface area contributed by atoms with Gasteiger partial charge in [-0.15, -0.1) is 0 Å². The molecule has 34 heavy (non-hydrogen) atoms. The summed E-state index contributed by atoms with van der Waals surface area (Å²) in [5.74, 6) is -0.805. The molecule has 1 saturated carbocycles. The van der Waals surface area contributed by atoms with E-state index in [0.717, 1.165) is 42.8 Å². The molecule has 6 heteroatoms. The number of likely N-dealkylation sites (tertiary alicyclic amines) is 1. The number of carbonyl (C=O) groups is 2. The monoisotopic (exact) mass is 591 g/mol. The lowest BCUT2D eigenvalue weighted by Crippen LogP contribution is -2.50. The number of carboxylic acids is 1. The first-order valence-electron chi connectivity index (χ1n) is 12.4. The largest absolute Gasteiger partial charge is 0.481 e. The standard InChI is InChI=1S/C28H31ClINO3/c1-17-14-18(2-10-24(17)29)16-28-12-13-31(26(32)19-3-5-20(6-4-19)27(33)34)25(28)11-7-21-15-22(30)8-9-23(21)28/h2,8-10,14-15,19-20,25H,3-7,11-13,16H2,1H3,(H,33,34)/t19-,20-,25?,28?. The van der Waals surface area contributed by atoms with E-state index in [0.29, 0.717) is 25.7 Å². The van der Waals surface area contributed by atoms with E-state index >= 15 is 0 Å². The number of fused-ring (bicyclic) bond motifs is 3. The van der Waals surface area contributed by atoms with Crippen LogP contribution in [0.3, 0.4) is 0 Å². The van der Waals surface area contributed by atoms with Gasteiger partial charge in [0.25, 0.3) is 0 Å². The molecule has 1 saturated heterocycles. The van der Waals surface area contributed by atoms with Gasteiger partial charge in [0.05, 0.1) is 5.92 Å². The Balaban J connectivity index is 1.46. The van der Waals surface area contributed by atoms with Crippen LogP contribution >= 0.6 is 34.2 Å². The zero-order chi connectivity index (χ0) is 24.0. The van der Waals surface area contributed by atoms with E-state index in [1.54, 1.807) is 0 Å². The van der Waals surface area contributed by atoms with Gasteiger partial charge in [-0.05, 0) is 121 Å². The zero-order valence-corrected chi connectivity index (χ0v) is 22.4. The Morgan fingerprint density at radius 2 is 1.82 bits per heavy atom. The second kappa shape index (κ2) is 9.45. The van der Waals surface area contributed by atoms with Crippen LogP contribution in [0.1, 0.15) is 60.8 Å². The molecule has 1 amide bonds. The van der Waals surface area contributed by atoms with Crippen molar-refractivity contribution in [1.82, 2.24) is 4.90 Å². The first kappa shape index (κ1) is 24.1. The molecular weight excluding hydrogens is 561 g/mol. The van der Waals surface area contributed by atoms with E-state index in [9.17, 15) is 14.7 Å². The number of amides is 1. The van der Waals surface area contributed by atoms with E-state index < -0.39 is 5.97 Å². The Morgan fingerprint density at radius 1 is 1.09 bits per heavy atom. The maximum absolute atomic E-state index is 13.8. The molecule has 2 aromatic carbocycles. The number of carbonyl (C=O) groups excluding carboxylic acids is 1. The Morgan fingerprint density at radius 3 is 2.53 bits per heavy atom. The molecule has 2 atom stereocenters. The van der Waals surface area contributed by atoms with Crippen molar-refractivity contribution >= 4 is 46.1 Å². The summed E-state index contributed by atoms with van der Waals surface area (Å²) < 4.78 is 1.26. The van der Waals surface area contributed by atoms with Crippen LogP contribution in [0.25, 0.3) is 0 Å². The van der Waals surface area contributed by atoms with Crippen molar-refractivity contribution in [3.8, 4) is 0 Å². The molecule has 2 fully saturated rings. The summed E-state index contributed by atoms with van der Waals surface area (Å²) in [5, 5.41) is 10.1. The molecule has 2 aromatic rings. The summed E-state index contributed by atoms with van der Waals surface area (Å²) in [5.41, 5.74) is 5.10. The summed E-state index contributed by atoms with van der Waals surface area (Å²) in [6, 6.07) is 13.3. The number of hydrogen-bond donors (Lipinski definition) is 1. The number of halogens is 2. The van der Waals surface area contributed by atoms with Crippen molar-refractivity contribution in [3.63, 3.8) is 0 Å². The summed E-state index contributed by atoms with van der Waals surface area (Å²) in [4.78, 5) is 27.3. The van der Waals surface area contributed by atoms with Gasteiger partial charge in [0.1, 0.15) is 0 Å². The average Bonchev–Trinajstić information content (AvgIpc) is 3.20. The normalized spacial score (nSPS) is 28.3. The van der Waals surface area contributed by atoms with Gasteiger partial charge >= 0.3 is 5.97 Å². The minimum absolute atomic E-state index is 0.0395. The molecule has 1 heterocycles. The number of benzene rings is 2. The van der Waals surface area contributed by atoms with Gasteiger partial charge in [-0.2, -0.15) is 0 Å². The molecule has 2 unspecified atom stereocenters. The minimum Gasteiger partial charge on any atom is -0.481 e. The van der Waals surface area contributed by atoms with E-state index in [1.165, 1.54) is 20.3 Å². The molecule has 2 aliphatic carbocycles. The van der Waals surface area contributed by atoms with Crippen LogP contribution in [0.15, 0.2) is 36.4 Å². The third-order valence-electron chi connectivity index (χ3n) is 8.55. The second-order valence-corrected chi connectivity index (χ2v) is 12.1. The summed E-state index contributed by atoms with van der Waals surface area (Å²) in [6.45, 7) is 2.83. The highest BCUT2D eigenvalue weighted by Crippen LogP contribution is 2.50. The summed E-state index contributed by atoms with van der Waals surface area (Å²) in [7, 11) is 0. The van der Waals surface area contributed by atoms with Gasteiger partial charge in [0.2, 0.25) is 5.91 Å². The van der Waals surface area contributed by atoms with Crippen molar-refractivity contribution in [2.75, 3.05) is 6.54 Å². The van der Waals surface area contributed by atoms with Crippen LogP contribution in [-0.2, 0) is 27.8 Å². The van der Waals surface area contributed by atoms with Crippen molar-refractivity contribution in [2.45, 2.75) is 69.7 Å². The summed E-state index contributed by atoms with van der Waals surface area (Å²) >= 11 is 8.71. The molecule has 0 spiro atoms. The van der Waals surface area contributed by atoms with E-state index in [2.05, 4.69) is 64.7 Å². The molecular formula is C28H31ClINO3. The predicted molar refractivity (Wildman–Crippen MR) is 142 cm³/mol. The van der Waals surface area contributed by atoms with E-state index in [1.807, 2.05) is 6.07 Å². The van der Waals surface area contributed by atoms with Crippen LogP contribution in [0, 0.1) is 22.3 Å². The molecule has 0 aromatic heterocycles. The number of nitrogens with zero attached hydrogens (tertiary/aromatic N) is 1. The first-order chi connectivity index (χ1) is 16.3. The lowest BCUT2D eigenvalue weighted by Gasteiger charge is -2.44. The Labute approximate surface area is 220 Å². The van der Waals surface area contributed by atoms with Crippen LogP contribution in [-0.4, -0.2) is 34.5 Å². The number of rotatable bonds is 4. The maximum Gasteiger partial charge on any atom is 0.306 e. The lowest BCUT2D eigenvalue weighted by atomic mass is 9.64. The van der Waals surface area contributed by atoms with Crippen LogP contribution < -0.4 is 0 Å². The lowest BCUT2D eigenvalue weighted by molar-refractivity contribution is -0.146. The van der Waals surface area contributed by atoms with Crippen molar-refractivity contribution < 1.29 is 14.7 Å². The van der Waals surface area contributed by atoms with Gasteiger partial charge < -0.3 is 10.0 Å². The fraction of sp³-hybridized carbons (Fsp3) is 0.500. The van der Waals surface area contributed by atoms with Gasteiger partial charge in [0, 0.05) is 32.5 Å². The third-order valence-corrected chi connectivity index (χ3v) is 9.65. The number of aliphatic carboxylic acids is 1. The molecule has 0 radical (unpaired) electrons. The Kier molecular flexibility index (Phi) is 6.70. The second-order valence-electron chi connectivity index (χ2n) is 10.4. The zero-order valence-electron chi connectivity index (χ0n) is 19.5. The highest BCUT2D eigenvalue weighted by molar-refractivity contribution is 14.1. The van der Waals surface area contributed by atoms with Crippen LogP contribution in [0.5, 0.6) is 0 Å². The van der Waals surface area contributed by atoms with Crippen molar-refractivity contribution in [1.29, 1.82) is 0 Å². The molecule has 4 nitrogen and oxygen atoms in total. The number of hydrogen-bond acceptors (Lipinski definition) is 2. The Hall–Kier alpha value is -1.60. The van der Waals surface area contributed by atoms with Gasteiger partial charge in [0.15, 0.2) is 0 Å². The van der Waals surface area contributed by atoms with E-state index in [-0.39, 0.29) is 29.2 Å². The highest BCUT2D eigenvalue weighted by Gasteiger charge is 2.53. The van der Waals surface area contributed by atoms with Gasteiger partial charge in [-0.3, -0.25) is 9.59 Å². The number of aryl methyl sites for hydroxylation is 2. The van der Waals surface area contributed by atoms with E-state index in [4.69, 9.17) is 11.6 Å². The topological polar surface area (TPSA) is 57.6 Å². The highest BCUT2D eigenvalue weighted by atomic mass is 127. The maximum atomic E-state index is 13.8. The fourth-order valence-corrected chi connectivity index (χ4v) is 7.48. The van der Waals surface area contributed by atoms with Crippen molar-refractivity contribution in [2.24, 2.45) is 11.8 Å². The molecule has 180 valence electrons. The fourth-order valence-electron chi connectivity index (χ4n) is 6.80. The molecule has 1 aliphatic heterocycles. The predicted octanol–water partition coefficient (Wildman–Crippen LogP) is 6.17. The minimum atomic E-state index is -0.720. The van der Waals surface area contributed by atoms with Crippen LogP contribution in [0.4, 0.5) is 0 Å². The summed E-state index contributed by atoms with van der Waals surface area (Å²) in [6.07, 6.45) is 6.45. The third kappa shape index (κ3) is 4.27. The average molecular weight is 592 g/mol. The van der Waals surface area contributed by atoms with Gasteiger partial charge in [-0.25, -0.2) is 0 Å². The molecule has 5 rings (SSSR count). The molecule has 3 aliphatic rings. The molecule has 0 bridgehead atoms. The molecule has 1 N–H and O–H groups in total. The van der Waals surface area contributed by atoms with Crippen LogP contribution in [0.2, 0.25) is 5.02 Å². The number of carboxylic acid groups (broad SMARTS) is 1. The first-order valence-corrected chi connectivity index (χ1v) is 13.8. The van der Waals surface area contributed by atoms with Crippen molar-refractivity contribution in [3.05, 3.63) is 67.2 Å². The smallest absolute Gasteiger partial charge is 0.306 e. The quantitative estimate of drug-likeness (QED) is 0.433. The van der Waals surface area contributed by atoms with Gasteiger partial charge in [-0.1, -0.05) is 29.8 Å². The SMILES string of the molecule is Cc1cc(CC23CCN(C(=O)[C@H]4CC[C@H](C(=O)O)CC4)C2CCc2cc(I)ccc23)ccc1Cl. The Bertz CT molecular complexity index is 1130.